The molecule has 0 spiro atoms. The van der Waals surface area contributed by atoms with Gasteiger partial charge in [-0.15, -0.1) is 0 Å². The number of hydrogen-bond acceptors (Lipinski definition) is 2. The molecule has 114 valence electrons. The molecule has 1 aromatic carbocycles. The highest BCUT2D eigenvalue weighted by atomic mass is 19.1. The Kier molecular flexibility index (Phi) is 4.55. The van der Waals surface area contributed by atoms with Crippen molar-refractivity contribution in [1.29, 1.82) is 0 Å². The van der Waals surface area contributed by atoms with Gasteiger partial charge in [0.1, 0.15) is 11.6 Å². The molecule has 1 aromatic rings. The van der Waals surface area contributed by atoms with Crippen molar-refractivity contribution in [3.8, 4) is 0 Å². The molecule has 1 heterocycles. The summed E-state index contributed by atoms with van der Waals surface area (Å²) in [7, 11) is 0. The number of aliphatic carboxylic acids is 1. The average molecular weight is 297 g/mol. The summed E-state index contributed by atoms with van der Waals surface area (Å²) in [5.74, 6) is -2.98. The molecule has 0 radical (unpaired) electrons. The van der Waals surface area contributed by atoms with Crippen LogP contribution in [0.1, 0.15) is 18.9 Å². The SMILES string of the molecule is CC1CN(C(=O)Cc2cc(F)ccc2F)CCC1C(=O)O. The number of carbonyl (C=O) groups excluding carboxylic acids is 1. The van der Waals surface area contributed by atoms with Crippen molar-refractivity contribution in [2.24, 2.45) is 11.8 Å². The highest BCUT2D eigenvalue weighted by molar-refractivity contribution is 5.79. The van der Waals surface area contributed by atoms with E-state index in [1.165, 1.54) is 4.90 Å². The number of amides is 1. The van der Waals surface area contributed by atoms with Crippen LogP contribution in [0.2, 0.25) is 0 Å². The number of carboxylic acid groups (broad SMARTS) is 1. The van der Waals surface area contributed by atoms with Crippen LogP contribution in [-0.2, 0) is 16.0 Å². The van der Waals surface area contributed by atoms with Gasteiger partial charge in [-0.25, -0.2) is 8.78 Å². The number of halogens is 2. The van der Waals surface area contributed by atoms with Crippen molar-refractivity contribution in [1.82, 2.24) is 4.90 Å². The van der Waals surface area contributed by atoms with Crippen molar-refractivity contribution in [2.75, 3.05) is 13.1 Å². The Morgan fingerprint density at radius 3 is 2.71 bits per heavy atom. The molecule has 21 heavy (non-hydrogen) atoms. The van der Waals surface area contributed by atoms with Crippen molar-refractivity contribution < 1.29 is 23.5 Å². The van der Waals surface area contributed by atoms with Gasteiger partial charge in [-0.3, -0.25) is 9.59 Å². The molecule has 1 amide bonds. The molecule has 0 saturated carbocycles. The summed E-state index contributed by atoms with van der Waals surface area (Å²) >= 11 is 0. The first-order valence-electron chi connectivity index (χ1n) is 6.83. The lowest BCUT2D eigenvalue weighted by molar-refractivity contribution is -0.148. The first-order chi connectivity index (χ1) is 9.88. The van der Waals surface area contributed by atoms with Crippen LogP contribution in [0, 0.1) is 23.5 Å². The van der Waals surface area contributed by atoms with E-state index in [9.17, 15) is 18.4 Å². The first kappa shape index (κ1) is 15.4. The van der Waals surface area contributed by atoms with Crippen LogP contribution in [-0.4, -0.2) is 35.0 Å². The second-order valence-corrected chi connectivity index (χ2v) is 5.46. The van der Waals surface area contributed by atoms with Gasteiger partial charge in [-0.1, -0.05) is 6.92 Å². The number of rotatable bonds is 3. The Balaban J connectivity index is 2.02. The van der Waals surface area contributed by atoms with Crippen LogP contribution in [0.4, 0.5) is 8.78 Å². The van der Waals surface area contributed by atoms with Crippen molar-refractivity contribution in [2.45, 2.75) is 19.8 Å². The monoisotopic (exact) mass is 297 g/mol. The molecule has 4 nitrogen and oxygen atoms in total. The third kappa shape index (κ3) is 3.56. The molecule has 1 fully saturated rings. The van der Waals surface area contributed by atoms with Gasteiger partial charge in [0.15, 0.2) is 0 Å². The van der Waals surface area contributed by atoms with Gasteiger partial charge in [-0.05, 0) is 30.5 Å². The summed E-state index contributed by atoms with van der Waals surface area (Å²) < 4.78 is 26.6. The Bertz CT molecular complexity index is 562. The summed E-state index contributed by atoms with van der Waals surface area (Å²) in [6, 6.07) is 3.02. The van der Waals surface area contributed by atoms with Gasteiger partial charge in [0.25, 0.3) is 0 Å². The standard InChI is InChI=1S/C15H17F2NO3/c1-9-8-18(5-4-12(9)15(20)21)14(19)7-10-6-11(16)2-3-13(10)17/h2-3,6,9,12H,4-5,7-8H2,1H3,(H,20,21). The molecule has 2 unspecified atom stereocenters. The second kappa shape index (κ2) is 6.20. The Morgan fingerprint density at radius 2 is 2.10 bits per heavy atom. The molecule has 0 aromatic heterocycles. The molecular formula is C15H17F2NO3. The molecule has 0 aliphatic carbocycles. The summed E-state index contributed by atoms with van der Waals surface area (Å²) in [6.07, 6.45) is 0.169. The van der Waals surface area contributed by atoms with E-state index < -0.39 is 23.5 Å². The maximum Gasteiger partial charge on any atom is 0.306 e. The predicted molar refractivity (Wildman–Crippen MR) is 71.5 cm³/mol. The summed E-state index contributed by atoms with van der Waals surface area (Å²) in [4.78, 5) is 24.7. The molecule has 2 atom stereocenters. The maximum absolute atomic E-state index is 13.5. The topological polar surface area (TPSA) is 57.6 Å². The van der Waals surface area contributed by atoms with Crippen LogP contribution in [0.15, 0.2) is 18.2 Å². The smallest absolute Gasteiger partial charge is 0.306 e. The average Bonchev–Trinajstić information content (AvgIpc) is 2.42. The number of carbonyl (C=O) groups is 2. The largest absolute Gasteiger partial charge is 0.481 e. The molecular weight excluding hydrogens is 280 g/mol. The zero-order valence-electron chi connectivity index (χ0n) is 11.7. The van der Waals surface area contributed by atoms with E-state index in [1.54, 1.807) is 6.92 Å². The van der Waals surface area contributed by atoms with Crippen LogP contribution >= 0.6 is 0 Å². The minimum absolute atomic E-state index is 0.0213. The van der Waals surface area contributed by atoms with Gasteiger partial charge in [0.05, 0.1) is 12.3 Å². The Labute approximate surface area is 121 Å². The van der Waals surface area contributed by atoms with Crippen molar-refractivity contribution in [3.05, 3.63) is 35.4 Å². The molecule has 1 aliphatic rings. The lowest BCUT2D eigenvalue weighted by Gasteiger charge is -2.35. The first-order valence-corrected chi connectivity index (χ1v) is 6.83. The third-order valence-electron chi connectivity index (χ3n) is 3.92. The quantitative estimate of drug-likeness (QED) is 0.929. The van der Waals surface area contributed by atoms with E-state index in [0.717, 1.165) is 18.2 Å². The lowest BCUT2D eigenvalue weighted by Crippen LogP contribution is -2.45. The van der Waals surface area contributed by atoms with Gasteiger partial charge < -0.3 is 10.0 Å². The summed E-state index contributed by atoms with van der Waals surface area (Å²) in [5.41, 5.74) is 0.0213. The number of piperidine rings is 1. The summed E-state index contributed by atoms with van der Waals surface area (Å²) in [5, 5.41) is 9.04. The van der Waals surface area contributed by atoms with Crippen LogP contribution in [0.3, 0.4) is 0 Å². The molecule has 0 bridgehead atoms. The normalized spacial score (nSPS) is 22.1. The molecule has 1 saturated heterocycles. The Morgan fingerprint density at radius 1 is 1.38 bits per heavy atom. The number of likely N-dealkylation sites (tertiary alicyclic amines) is 1. The van der Waals surface area contributed by atoms with E-state index in [2.05, 4.69) is 0 Å². The zero-order chi connectivity index (χ0) is 15.6. The summed E-state index contributed by atoms with van der Waals surface area (Å²) in [6.45, 7) is 2.44. The van der Waals surface area contributed by atoms with Gasteiger partial charge in [-0.2, -0.15) is 0 Å². The van der Waals surface area contributed by atoms with E-state index in [-0.39, 0.29) is 23.8 Å². The fraction of sp³-hybridized carbons (Fsp3) is 0.467. The fourth-order valence-corrected chi connectivity index (χ4v) is 2.69. The number of benzene rings is 1. The van der Waals surface area contributed by atoms with Crippen molar-refractivity contribution >= 4 is 11.9 Å². The number of nitrogens with zero attached hydrogens (tertiary/aromatic N) is 1. The molecule has 1 N–H and O–H groups in total. The fourth-order valence-electron chi connectivity index (χ4n) is 2.69. The minimum atomic E-state index is -0.856. The van der Waals surface area contributed by atoms with Crippen LogP contribution < -0.4 is 0 Å². The number of hydrogen-bond donors (Lipinski definition) is 1. The number of carboxylic acids is 1. The zero-order valence-corrected chi connectivity index (χ0v) is 11.7. The maximum atomic E-state index is 13.5. The second-order valence-electron chi connectivity index (χ2n) is 5.46. The van der Waals surface area contributed by atoms with E-state index >= 15 is 0 Å². The highest BCUT2D eigenvalue weighted by Crippen LogP contribution is 2.24. The molecule has 6 heteroatoms. The van der Waals surface area contributed by atoms with E-state index in [4.69, 9.17) is 5.11 Å². The Hall–Kier alpha value is -1.98. The minimum Gasteiger partial charge on any atom is -0.481 e. The van der Waals surface area contributed by atoms with Gasteiger partial charge in [0, 0.05) is 18.7 Å². The van der Waals surface area contributed by atoms with Crippen LogP contribution in [0.5, 0.6) is 0 Å². The lowest BCUT2D eigenvalue weighted by atomic mass is 9.87. The highest BCUT2D eigenvalue weighted by Gasteiger charge is 2.33. The predicted octanol–water partition coefficient (Wildman–Crippen LogP) is 2.08. The van der Waals surface area contributed by atoms with Crippen molar-refractivity contribution in [3.63, 3.8) is 0 Å². The molecule has 1 aliphatic heterocycles. The molecule has 2 rings (SSSR count). The van der Waals surface area contributed by atoms with Gasteiger partial charge in [0.2, 0.25) is 5.91 Å². The third-order valence-corrected chi connectivity index (χ3v) is 3.92. The van der Waals surface area contributed by atoms with E-state index in [0.29, 0.717) is 19.5 Å². The van der Waals surface area contributed by atoms with Crippen LogP contribution in [0.25, 0.3) is 0 Å². The van der Waals surface area contributed by atoms with Gasteiger partial charge >= 0.3 is 5.97 Å². The van der Waals surface area contributed by atoms with E-state index in [1.807, 2.05) is 0 Å².